The lowest BCUT2D eigenvalue weighted by atomic mass is 10.2. The van der Waals surface area contributed by atoms with E-state index in [1.165, 1.54) is 0 Å². The van der Waals surface area contributed by atoms with Gasteiger partial charge >= 0.3 is 0 Å². The van der Waals surface area contributed by atoms with Crippen LogP contribution < -0.4 is 11.1 Å². The molecule has 0 heterocycles. The monoisotopic (exact) mass is 239 g/mol. The van der Waals surface area contributed by atoms with Gasteiger partial charge in [-0.15, -0.1) is 0 Å². The van der Waals surface area contributed by atoms with Gasteiger partial charge in [-0.2, -0.15) is 5.26 Å². The number of aliphatic hydroxyl groups excluding tert-OH is 1. The van der Waals surface area contributed by atoms with Crippen molar-refractivity contribution < 1.29 is 5.11 Å². The molecule has 1 aromatic carbocycles. The first kappa shape index (κ1) is 12.8. The van der Waals surface area contributed by atoms with Crippen molar-refractivity contribution in [2.75, 3.05) is 11.9 Å². The van der Waals surface area contributed by atoms with Gasteiger partial charge in [-0.1, -0.05) is 11.6 Å². The second kappa shape index (κ2) is 5.71. The molecule has 0 amide bonds. The van der Waals surface area contributed by atoms with Gasteiger partial charge in [0.05, 0.1) is 28.4 Å². The fourth-order valence-electron chi connectivity index (χ4n) is 1.13. The van der Waals surface area contributed by atoms with Crippen LogP contribution in [0.5, 0.6) is 0 Å². The second-order valence-corrected chi connectivity index (χ2v) is 4.00. The van der Waals surface area contributed by atoms with Crippen LogP contribution in [0.2, 0.25) is 5.02 Å². The normalized spacial score (nSPS) is 13.9. The van der Waals surface area contributed by atoms with E-state index in [9.17, 15) is 5.11 Å². The van der Waals surface area contributed by atoms with Crippen LogP contribution in [0.3, 0.4) is 0 Å². The van der Waals surface area contributed by atoms with E-state index >= 15 is 0 Å². The third-order valence-corrected chi connectivity index (χ3v) is 2.56. The summed E-state index contributed by atoms with van der Waals surface area (Å²) in [6, 6.07) is 6.61. The fourth-order valence-corrected chi connectivity index (χ4v) is 1.37. The summed E-state index contributed by atoms with van der Waals surface area (Å²) in [6.07, 6.45) is -0.579. The van der Waals surface area contributed by atoms with Crippen LogP contribution >= 0.6 is 11.6 Å². The standard InChI is InChI=1S/C11H14ClN3O/c1-7(16)10(14)6-15-11-3-2-8(5-13)4-9(11)12/h2-4,7,10,15-16H,6,14H2,1H3. The molecule has 0 saturated carbocycles. The Morgan fingerprint density at radius 3 is 2.81 bits per heavy atom. The van der Waals surface area contributed by atoms with Gasteiger partial charge in [-0.3, -0.25) is 0 Å². The fraction of sp³-hybridized carbons (Fsp3) is 0.364. The number of hydrogen-bond acceptors (Lipinski definition) is 4. The number of hydrogen-bond donors (Lipinski definition) is 3. The summed E-state index contributed by atoms with van der Waals surface area (Å²) in [4.78, 5) is 0. The molecule has 0 aliphatic heterocycles. The molecule has 4 N–H and O–H groups in total. The second-order valence-electron chi connectivity index (χ2n) is 3.59. The van der Waals surface area contributed by atoms with E-state index in [4.69, 9.17) is 22.6 Å². The molecule has 1 aromatic rings. The highest BCUT2D eigenvalue weighted by atomic mass is 35.5. The van der Waals surface area contributed by atoms with Crippen LogP contribution in [-0.4, -0.2) is 23.8 Å². The average Bonchev–Trinajstić information content (AvgIpc) is 2.26. The lowest BCUT2D eigenvalue weighted by Crippen LogP contribution is -2.38. The van der Waals surface area contributed by atoms with Crippen molar-refractivity contribution in [3.05, 3.63) is 28.8 Å². The van der Waals surface area contributed by atoms with E-state index in [-0.39, 0.29) is 6.04 Å². The number of rotatable bonds is 4. The molecule has 0 fully saturated rings. The van der Waals surface area contributed by atoms with Gasteiger partial charge in [0.1, 0.15) is 0 Å². The molecular weight excluding hydrogens is 226 g/mol. The lowest BCUT2D eigenvalue weighted by Gasteiger charge is -2.16. The Bertz CT molecular complexity index is 401. The molecule has 0 aliphatic carbocycles. The Labute approximate surface area is 99.6 Å². The smallest absolute Gasteiger partial charge is 0.0992 e. The van der Waals surface area contributed by atoms with Crippen molar-refractivity contribution in [1.82, 2.24) is 0 Å². The molecular formula is C11H14ClN3O. The molecule has 16 heavy (non-hydrogen) atoms. The minimum Gasteiger partial charge on any atom is -0.392 e. The number of anilines is 1. The highest BCUT2D eigenvalue weighted by molar-refractivity contribution is 6.33. The zero-order chi connectivity index (χ0) is 12.1. The topological polar surface area (TPSA) is 82.1 Å². The van der Waals surface area contributed by atoms with Crippen LogP contribution in [0.4, 0.5) is 5.69 Å². The van der Waals surface area contributed by atoms with Crippen molar-refractivity contribution in [1.29, 1.82) is 5.26 Å². The van der Waals surface area contributed by atoms with E-state index in [0.717, 1.165) is 0 Å². The molecule has 0 bridgehead atoms. The molecule has 86 valence electrons. The van der Waals surface area contributed by atoms with Gasteiger partial charge in [0.25, 0.3) is 0 Å². The summed E-state index contributed by atoms with van der Waals surface area (Å²) in [6.45, 7) is 2.05. The number of nitrogens with zero attached hydrogens (tertiary/aromatic N) is 1. The first-order chi connectivity index (χ1) is 7.54. The highest BCUT2D eigenvalue weighted by Gasteiger charge is 2.09. The molecule has 2 atom stereocenters. The SMILES string of the molecule is CC(O)C(N)CNc1ccc(C#N)cc1Cl. The van der Waals surface area contributed by atoms with E-state index in [0.29, 0.717) is 22.8 Å². The van der Waals surface area contributed by atoms with Crippen LogP contribution in [0, 0.1) is 11.3 Å². The maximum Gasteiger partial charge on any atom is 0.0992 e. The van der Waals surface area contributed by atoms with Crippen LogP contribution in [0.1, 0.15) is 12.5 Å². The third-order valence-electron chi connectivity index (χ3n) is 2.25. The highest BCUT2D eigenvalue weighted by Crippen LogP contribution is 2.22. The van der Waals surface area contributed by atoms with Crippen molar-refractivity contribution >= 4 is 17.3 Å². The predicted octanol–water partition coefficient (Wildman–Crippen LogP) is 1.33. The number of benzene rings is 1. The van der Waals surface area contributed by atoms with Gasteiger partial charge in [-0.25, -0.2) is 0 Å². The van der Waals surface area contributed by atoms with Crippen LogP contribution in [-0.2, 0) is 0 Å². The number of nitrogens with one attached hydrogen (secondary N) is 1. The molecule has 0 saturated heterocycles. The summed E-state index contributed by atoms with van der Waals surface area (Å²) in [5.41, 5.74) is 6.88. The van der Waals surface area contributed by atoms with Crippen LogP contribution in [0.25, 0.3) is 0 Å². The zero-order valence-electron chi connectivity index (χ0n) is 8.94. The van der Waals surface area contributed by atoms with Gasteiger partial charge in [0.15, 0.2) is 0 Å². The summed E-state index contributed by atoms with van der Waals surface area (Å²) < 4.78 is 0. The summed E-state index contributed by atoms with van der Waals surface area (Å²) in [5, 5.41) is 21.4. The largest absolute Gasteiger partial charge is 0.392 e. The third kappa shape index (κ3) is 3.38. The van der Waals surface area contributed by atoms with E-state index in [1.54, 1.807) is 25.1 Å². The minimum atomic E-state index is -0.579. The van der Waals surface area contributed by atoms with Crippen molar-refractivity contribution in [3.63, 3.8) is 0 Å². The first-order valence-electron chi connectivity index (χ1n) is 4.91. The molecule has 0 aliphatic rings. The number of nitrogens with two attached hydrogens (primary N) is 1. The molecule has 0 spiro atoms. The molecule has 2 unspecified atom stereocenters. The quantitative estimate of drug-likeness (QED) is 0.740. The number of halogens is 1. The molecule has 0 radical (unpaired) electrons. The minimum absolute atomic E-state index is 0.355. The Kier molecular flexibility index (Phi) is 4.56. The molecule has 1 rings (SSSR count). The molecule has 5 heteroatoms. The number of nitriles is 1. The van der Waals surface area contributed by atoms with Gasteiger partial charge in [0, 0.05) is 12.6 Å². The maximum atomic E-state index is 9.21. The van der Waals surface area contributed by atoms with Crippen molar-refractivity contribution in [2.45, 2.75) is 19.1 Å². The number of aliphatic hydroxyl groups is 1. The zero-order valence-corrected chi connectivity index (χ0v) is 9.70. The summed E-state index contributed by atoms with van der Waals surface area (Å²) in [7, 11) is 0. The van der Waals surface area contributed by atoms with E-state index in [2.05, 4.69) is 5.32 Å². The van der Waals surface area contributed by atoms with Gasteiger partial charge in [-0.05, 0) is 25.1 Å². The Hall–Kier alpha value is -1.28. The van der Waals surface area contributed by atoms with E-state index < -0.39 is 6.10 Å². The van der Waals surface area contributed by atoms with E-state index in [1.807, 2.05) is 6.07 Å². The Morgan fingerprint density at radius 1 is 1.62 bits per heavy atom. The van der Waals surface area contributed by atoms with Crippen LogP contribution in [0.15, 0.2) is 18.2 Å². The average molecular weight is 240 g/mol. The molecule has 4 nitrogen and oxygen atoms in total. The lowest BCUT2D eigenvalue weighted by molar-refractivity contribution is 0.168. The molecule has 0 aromatic heterocycles. The predicted molar refractivity (Wildman–Crippen MR) is 64.3 cm³/mol. The summed E-state index contributed by atoms with van der Waals surface area (Å²) >= 11 is 5.95. The Morgan fingerprint density at radius 2 is 2.31 bits per heavy atom. The Balaban J connectivity index is 2.65. The van der Waals surface area contributed by atoms with Crippen molar-refractivity contribution in [2.24, 2.45) is 5.73 Å². The van der Waals surface area contributed by atoms with Crippen molar-refractivity contribution in [3.8, 4) is 6.07 Å². The van der Waals surface area contributed by atoms with Gasteiger partial charge in [0.2, 0.25) is 0 Å². The van der Waals surface area contributed by atoms with Gasteiger partial charge < -0.3 is 16.2 Å². The summed E-state index contributed by atoms with van der Waals surface area (Å²) in [5.74, 6) is 0. The maximum absolute atomic E-state index is 9.21. The first-order valence-corrected chi connectivity index (χ1v) is 5.29.